The Morgan fingerprint density at radius 2 is 2.29 bits per heavy atom. The number of nitrogens with one attached hydrogen (secondary N) is 1. The molecule has 1 atom stereocenters. The Hall–Kier alpha value is -2.15. The predicted molar refractivity (Wildman–Crippen MR) is 61.5 cm³/mol. The van der Waals surface area contributed by atoms with Gasteiger partial charge in [-0.1, -0.05) is 6.07 Å². The summed E-state index contributed by atoms with van der Waals surface area (Å²) in [5.41, 5.74) is 6.07. The molecule has 92 valence electrons. The van der Waals surface area contributed by atoms with E-state index >= 15 is 0 Å². The number of nitro benzene ring substituents is 1. The second-order valence-electron chi connectivity index (χ2n) is 3.56. The van der Waals surface area contributed by atoms with E-state index in [1.54, 1.807) is 13.0 Å². The van der Waals surface area contributed by atoms with Crippen LogP contribution in [0.15, 0.2) is 18.2 Å². The van der Waals surface area contributed by atoms with Gasteiger partial charge in [-0.05, 0) is 12.5 Å². The number of hydrogen-bond acceptors (Lipinski definition) is 5. The highest BCUT2D eigenvalue weighted by Gasteiger charge is 2.12. The molecule has 1 rings (SSSR count). The fraction of sp³-hybridized carbons (Fsp3) is 0.300. The molecule has 7 nitrogen and oxygen atoms in total. The molecule has 4 N–H and O–H groups in total. The lowest BCUT2D eigenvalue weighted by Gasteiger charge is -2.11. The number of aliphatic hydroxyl groups is 1. The fourth-order valence-electron chi connectivity index (χ4n) is 1.22. The number of benzene rings is 1. The molecule has 1 unspecified atom stereocenters. The standard InChI is InChI=1S/C10H13N3O4/c1-6-2-3-7(13(16)17)4-8(6)12-5-9(14)10(11)15/h2-4,9,12,14H,5H2,1H3,(H2,11,15). The van der Waals surface area contributed by atoms with E-state index in [0.29, 0.717) is 5.69 Å². The van der Waals surface area contributed by atoms with Crippen molar-refractivity contribution in [3.05, 3.63) is 33.9 Å². The van der Waals surface area contributed by atoms with Crippen molar-refractivity contribution in [1.82, 2.24) is 0 Å². The largest absolute Gasteiger partial charge is 0.381 e. The van der Waals surface area contributed by atoms with Crippen LogP contribution >= 0.6 is 0 Å². The molecule has 0 heterocycles. The minimum atomic E-state index is -1.33. The average molecular weight is 239 g/mol. The maximum Gasteiger partial charge on any atom is 0.271 e. The van der Waals surface area contributed by atoms with Crippen LogP contribution in [0.4, 0.5) is 11.4 Å². The van der Waals surface area contributed by atoms with Crippen LogP contribution in [0.25, 0.3) is 0 Å². The Morgan fingerprint density at radius 3 is 2.82 bits per heavy atom. The van der Waals surface area contributed by atoms with Gasteiger partial charge in [0.05, 0.1) is 4.92 Å². The summed E-state index contributed by atoms with van der Waals surface area (Å²) < 4.78 is 0. The summed E-state index contributed by atoms with van der Waals surface area (Å²) in [7, 11) is 0. The van der Waals surface area contributed by atoms with Crippen molar-refractivity contribution in [2.24, 2.45) is 5.73 Å². The maximum atomic E-state index is 10.6. The first-order valence-corrected chi connectivity index (χ1v) is 4.88. The molecule has 0 aliphatic rings. The number of nitro groups is 1. The number of hydrogen-bond donors (Lipinski definition) is 3. The number of non-ortho nitro benzene ring substituents is 1. The lowest BCUT2D eigenvalue weighted by molar-refractivity contribution is -0.384. The van der Waals surface area contributed by atoms with Crippen LogP contribution < -0.4 is 11.1 Å². The third kappa shape index (κ3) is 3.42. The lowest BCUT2D eigenvalue weighted by atomic mass is 10.1. The number of amides is 1. The van der Waals surface area contributed by atoms with Gasteiger partial charge >= 0.3 is 0 Å². The van der Waals surface area contributed by atoms with Crippen LogP contribution in [-0.2, 0) is 4.79 Å². The van der Waals surface area contributed by atoms with E-state index in [-0.39, 0.29) is 12.2 Å². The molecule has 1 amide bonds. The fourth-order valence-corrected chi connectivity index (χ4v) is 1.22. The van der Waals surface area contributed by atoms with Crippen molar-refractivity contribution in [3.8, 4) is 0 Å². The number of aryl methyl sites for hydroxylation is 1. The summed E-state index contributed by atoms with van der Waals surface area (Å²) in [5, 5.41) is 22.5. The summed E-state index contributed by atoms with van der Waals surface area (Å²) in [6.45, 7) is 1.67. The lowest BCUT2D eigenvalue weighted by Crippen LogP contribution is -2.34. The zero-order valence-corrected chi connectivity index (χ0v) is 9.21. The van der Waals surface area contributed by atoms with Crippen LogP contribution in [-0.4, -0.2) is 28.6 Å². The predicted octanol–water partition coefficient (Wildman–Crippen LogP) is 0.161. The number of nitrogens with two attached hydrogens (primary N) is 1. The number of carbonyl (C=O) groups is 1. The molecule has 0 aliphatic heterocycles. The highest BCUT2D eigenvalue weighted by atomic mass is 16.6. The zero-order valence-electron chi connectivity index (χ0n) is 9.21. The molecule has 0 spiro atoms. The van der Waals surface area contributed by atoms with E-state index in [9.17, 15) is 20.0 Å². The first-order valence-electron chi connectivity index (χ1n) is 4.88. The molecular formula is C10H13N3O4. The first-order chi connectivity index (χ1) is 7.91. The SMILES string of the molecule is Cc1ccc([N+](=O)[O-])cc1NCC(O)C(N)=O. The minimum Gasteiger partial charge on any atom is -0.381 e. The van der Waals surface area contributed by atoms with Crippen LogP contribution in [0.1, 0.15) is 5.56 Å². The van der Waals surface area contributed by atoms with Crippen molar-refractivity contribution in [2.45, 2.75) is 13.0 Å². The third-order valence-corrected chi connectivity index (χ3v) is 2.25. The van der Waals surface area contributed by atoms with E-state index in [1.807, 2.05) is 0 Å². The third-order valence-electron chi connectivity index (χ3n) is 2.25. The van der Waals surface area contributed by atoms with Gasteiger partial charge < -0.3 is 16.2 Å². The summed E-state index contributed by atoms with van der Waals surface area (Å²) in [6.07, 6.45) is -1.33. The van der Waals surface area contributed by atoms with E-state index in [4.69, 9.17) is 5.73 Å². The van der Waals surface area contributed by atoms with Gasteiger partial charge in [0.25, 0.3) is 5.69 Å². The average Bonchev–Trinajstić information content (AvgIpc) is 2.26. The second-order valence-corrected chi connectivity index (χ2v) is 3.56. The zero-order chi connectivity index (χ0) is 13.0. The highest BCUT2D eigenvalue weighted by molar-refractivity contribution is 5.79. The first kappa shape index (κ1) is 12.9. The summed E-state index contributed by atoms with van der Waals surface area (Å²) in [5.74, 6) is -0.847. The van der Waals surface area contributed by atoms with E-state index in [2.05, 4.69) is 5.32 Å². The highest BCUT2D eigenvalue weighted by Crippen LogP contribution is 2.21. The molecule has 7 heteroatoms. The summed E-state index contributed by atoms with van der Waals surface area (Å²) in [6, 6.07) is 4.30. The van der Waals surface area contributed by atoms with Crippen LogP contribution in [0.3, 0.4) is 0 Å². The summed E-state index contributed by atoms with van der Waals surface area (Å²) >= 11 is 0. The Labute approximate surface area is 97.4 Å². The van der Waals surface area contributed by atoms with Gasteiger partial charge in [-0.15, -0.1) is 0 Å². The number of aliphatic hydroxyl groups excluding tert-OH is 1. The van der Waals surface area contributed by atoms with Gasteiger partial charge in [-0.3, -0.25) is 14.9 Å². The van der Waals surface area contributed by atoms with Crippen molar-refractivity contribution in [3.63, 3.8) is 0 Å². The molecule has 1 aromatic carbocycles. The molecule has 1 aromatic rings. The molecule has 17 heavy (non-hydrogen) atoms. The molecular weight excluding hydrogens is 226 g/mol. The van der Waals surface area contributed by atoms with Crippen molar-refractivity contribution >= 4 is 17.3 Å². The summed E-state index contributed by atoms with van der Waals surface area (Å²) in [4.78, 5) is 20.7. The maximum absolute atomic E-state index is 10.6. The van der Waals surface area contributed by atoms with E-state index in [1.165, 1.54) is 12.1 Å². The van der Waals surface area contributed by atoms with Crippen molar-refractivity contribution in [1.29, 1.82) is 0 Å². The normalized spacial score (nSPS) is 11.9. The molecule has 0 bridgehead atoms. The topological polar surface area (TPSA) is 118 Å². The van der Waals surface area contributed by atoms with Gasteiger partial charge in [0, 0.05) is 24.4 Å². The molecule has 0 radical (unpaired) electrons. The Kier molecular flexibility index (Phi) is 4.00. The molecule has 0 saturated heterocycles. The number of carbonyl (C=O) groups excluding carboxylic acids is 1. The van der Waals surface area contributed by atoms with Crippen molar-refractivity contribution in [2.75, 3.05) is 11.9 Å². The molecule has 0 saturated carbocycles. The molecule has 0 aromatic heterocycles. The monoisotopic (exact) mass is 239 g/mol. The number of primary amides is 1. The van der Waals surface area contributed by atoms with E-state index < -0.39 is 16.9 Å². The Bertz CT molecular complexity index is 447. The molecule has 0 fully saturated rings. The van der Waals surface area contributed by atoms with Crippen molar-refractivity contribution < 1.29 is 14.8 Å². The Balaban J connectivity index is 2.79. The van der Waals surface area contributed by atoms with Gasteiger partial charge in [0.15, 0.2) is 0 Å². The number of nitrogens with zero attached hydrogens (tertiary/aromatic N) is 1. The second kappa shape index (κ2) is 5.26. The van der Waals surface area contributed by atoms with Crippen LogP contribution in [0, 0.1) is 17.0 Å². The van der Waals surface area contributed by atoms with Crippen LogP contribution in [0.2, 0.25) is 0 Å². The van der Waals surface area contributed by atoms with Gasteiger partial charge in [-0.25, -0.2) is 0 Å². The smallest absolute Gasteiger partial charge is 0.271 e. The van der Waals surface area contributed by atoms with Gasteiger partial charge in [0.2, 0.25) is 5.91 Å². The quantitative estimate of drug-likeness (QED) is 0.499. The van der Waals surface area contributed by atoms with E-state index in [0.717, 1.165) is 5.56 Å². The number of rotatable bonds is 5. The minimum absolute atomic E-state index is 0.0633. The van der Waals surface area contributed by atoms with Gasteiger partial charge in [0.1, 0.15) is 6.10 Å². The van der Waals surface area contributed by atoms with Crippen LogP contribution in [0.5, 0.6) is 0 Å². The van der Waals surface area contributed by atoms with Gasteiger partial charge in [-0.2, -0.15) is 0 Å². The number of anilines is 1. The molecule has 0 aliphatic carbocycles. The Morgan fingerprint density at radius 1 is 1.65 bits per heavy atom.